The maximum absolute atomic E-state index is 12.3. The average Bonchev–Trinajstić information content (AvgIpc) is 2.85. The van der Waals surface area contributed by atoms with Gasteiger partial charge in [-0.2, -0.15) is 5.10 Å². The summed E-state index contributed by atoms with van der Waals surface area (Å²) in [5.41, 5.74) is 1.46. The largest absolute Gasteiger partial charge is 0.286 e. The Hall–Kier alpha value is -1.49. The lowest BCUT2D eigenvalue weighted by Crippen LogP contribution is -2.11. The Labute approximate surface area is 104 Å². The van der Waals surface area contributed by atoms with E-state index in [0.29, 0.717) is 5.69 Å². The predicted octanol–water partition coefficient (Wildman–Crippen LogP) is 2.60. The third-order valence-electron chi connectivity index (χ3n) is 2.49. The van der Waals surface area contributed by atoms with Crippen molar-refractivity contribution in [3.05, 3.63) is 33.5 Å². The number of ketones is 1. The summed E-state index contributed by atoms with van der Waals surface area (Å²) in [5, 5.41) is 5.09. The van der Waals surface area contributed by atoms with Crippen molar-refractivity contribution in [3.63, 3.8) is 0 Å². The van der Waals surface area contributed by atoms with E-state index in [0.717, 1.165) is 28.5 Å². The lowest BCUT2D eigenvalue weighted by atomic mass is 10.2. The first-order valence-corrected chi connectivity index (χ1v) is 6.45. The Bertz CT molecular complexity index is 542. The standard InChI is InChI=1S/C12H15N3OS/c1-4-7-15-10(5-6-13-15)11(16)12-8(2)14-9(3)17-12/h5-6H,4,7H2,1-3H3. The topological polar surface area (TPSA) is 47.8 Å². The van der Waals surface area contributed by atoms with Crippen LogP contribution in [0.1, 0.15) is 39.4 Å². The minimum absolute atomic E-state index is 0.0269. The van der Waals surface area contributed by atoms with Crippen LogP contribution in [0.5, 0.6) is 0 Å². The molecule has 0 amide bonds. The zero-order valence-electron chi connectivity index (χ0n) is 10.2. The molecule has 0 saturated carbocycles. The van der Waals surface area contributed by atoms with Gasteiger partial charge >= 0.3 is 0 Å². The van der Waals surface area contributed by atoms with Crippen molar-refractivity contribution in [1.29, 1.82) is 0 Å². The molecule has 0 aliphatic rings. The highest BCUT2D eigenvalue weighted by Crippen LogP contribution is 2.21. The summed E-state index contributed by atoms with van der Waals surface area (Å²) < 4.78 is 1.76. The van der Waals surface area contributed by atoms with Crippen molar-refractivity contribution in [2.24, 2.45) is 0 Å². The molecular weight excluding hydrogens is 234 g/mol. The Balaban J connectivity index is 2.37. The van der Waals surface area contributed by atoms with E-state index in [-0.39, 0.29) is 5.78 Å². The maximum Gasteiger partial charge on any atom is 0.222 e. The highest BCUT2D eigenvalue weighted by molar-refractivity contribution is 7.14. The Morgan fingerprint density at radius 1 is 1.47 bits per heavy atom. The molecule has 0 aliphatic carbocycles. The zero-order valence-corrected chi connectivity index (χ0v) is 11.0. The molecule has 0 aromatic carbocycles. The van der Waals surface area contributed by atoms with Gasteiger partial charge in [0.25, 0.3) is 0 Å². The molecule has 0 radical (unpaired) electrons. The van der Waals surface area contributed by atoms with E-state index >= 15 is 0 Å². The summed E-state index contributed by atoms with van der Waals surface area (Å²) in [7, 11) is 0. The summed E-state index contributed by atoms with van der Waals surface area (Å²) in [5.74, 6) is 0.0269. The molecule has 17 heavy (non-hydrogen) atoms. The van der Waals surface area contributed by atoms with E-state index in [2.05, 4.69) is 17.0 Å². The Morgan fingerprint density at radius 2 is 2.24 bits per heavy atom. The van der Waals surface area contributed by atoms with Crippen LogP contribution >= 0.6 is 11.3 Å². The van der Waals surface area contributed by atoms with Gasteiger partial charge in [-0.15, -0.1) is 11.3 Å². The molecule has 2 rings (SSSR count). The fraction of sp³-hybridized carbons (Fsp3) is 0.417. The zero-order chi connectivity index (χ0) is 12.4. The predicted molar refractivity (Wildman–Crippen MR) is 67.5 cm³/mol. The number of hydrogen-bond acceptors (Lipinski definition) is 4. The van der Waals surface area contributed by atoms with Crippen molar-refractivity contribution in [2.75, 3.05) is 0 Å². The summed E-state index contributed by atoms with van der Waals surface area (Å²) >= 11 is 1.45. The van der Waals surface area contributed by atoms with Gasteiger partial charge in [0.15, 0.2) is 0 Å². The molecule has 2 heterocycles. The van der Waals surface area contributed by atoms with E-state index < -0.39 is 0 Å². The molecule has 0 N–H and O–H groups in total. The number of carbonyl (C=O) groups excluding carboxylic acids is 1. The fourth-order valence-electron chi connectivity index (χ4n) is 1.77. The molecule has 0 bridgehead atoms. The monoisotopic (exact) mass is 249 g/mol. The number of carbonyl (C=O) groups is 1. The average molecular weight is 249 g/mol. The molecule has 0 fully saturated rings. The first-order chi connectivity index (χ1) is 8.13. The molecule has 90 valence electrons. The maximum atomic E-state index is 12.3. The molecule has 2 aromatic heterocycles. The molecule has 0 saturated heterocycles. The van der Waals surface area contributed by atoms with Gasteiger partial charge in [-0.3, -0.25) is 9.48 Å². The molecule has 0 atom stereocenters. The van der Waals surface area contributed by atoms with Crippen molar-refractivity contribution < 1.29 is 4.79 Å². The normalized spacial score (nSPS) is 10.8. The first kappa shape index (κ1) is 12.0. The minimum Gasteiger partial charge on any atom is -0.286 e. The number of rotatable bonds is 4. The van der Waals surface area contributed by atoms with Crippen molar-refractivity contribution in [3.8, 4) is 0 Å². The van der Waals surface area contributed by atoms with Crippen molar-refractivity contribution >= 4 is 17.1 Å². The number of aromatic nitrogens is 3. The van der Waals surface area contributed by atoms with Gasteiger partial charge in [-0.1, -0.05) is 6.92 Å². The molecule has 0 spiro atoms. The van der Waals surface area contributed by atoms with Crippen LogP contribution in [0.3, 0.4) is 0 Å². The molecule has 4 nitrogen and oxygen atoms in total. The summed E-state index contributed by atoms with van der Waals surface area (Å²) in [4.78, 5) is 17.4. The van der Waals surface area contributed by atoms with E-state index in [4.69, 9.17) is 0 Å². The SMILES string of the molecule is CCCn1nccc1C(=O)c1sc(C)nc1C. The molecule has 5 heteroatoms. The van der Waals surface area contributed by atoms with Crippen LogP contribution in [0.15, 0.2) is 12.3 Å². The van der Waals surface area contributed by atoms with Crippen molar-refractivity contribution in [2.45, 2.75) is 33.7 Å². The van der Waals surface area contributed by atoms with Gasteiger partial charge < -0.3 is 0 Å². The number of aryl methyl sites for hydroxylation is 3. The summed E-state index contributed by atoms with van der Waals surface area (Å²) in [6.07, 6.45) is 2.63. The molecular formula is C12H15N3OS. The lowest BCUT2D eigenvalue weighted by Gasteiger charge is -2.03. The summed E-state index contributed by atoms with van der Waals surface area (Å²) in [6.45, 7) is 6.62. The van der Waals surface area contributed by atoms with E-state index in [1.807, 2.05) is 13.8 Å². The van der Waals surface area contributed by atoms with Crippen LogP contribution in [-0.2, 0) is 6.54 Å². The third kappa shape index (κ3) is 2.29. The Morgan fingerprint density at radius 3 is 2.82 bits per heavy atom. The number of nitrogens with zero attached hydrogens (tertiary/aromatic N) is 3. The second-order valence-electron chi connectivity index (χ2n) is 3.92. The highest BCUT2D eigenvalue weighted by Gasteiger charge is 2.19. The molecule has 0 unspecified atom stereocenters. The molecule has 0 aliphatic heterocycles. The number of thiazole rings is 1. The van der Waals surface area contributed by atoms with Gasteiger partial charge in [-0.05, 0) is 26.3 Å². The molecule has 2 aromatic rings. The minimum atomic E-state index is 0.0269. The second kappa shape index (κ2) is 4.79. The van der Waals surface area contributed by atoms with Crippen LogP contribution < -0.4 is 0 Å². The van der Waals surface area contributed by atoms with Gasteiger partial charge in [0, 0.05) is 12.7 Å². The fourth-order valence-corrected chi connectivity index (χ4v) is 2.64. The summed E-state index contributed by atoms with van der Waals surface area (Å²) in [6, 6.07) is 1.77. The van der Waals surface area contributed by atoms with Crippen molar-refractivity contribution in [1.82, 2.24) is 14.8 Å². The number of hydrogen-bond donors (Lipinski definition) is 0. The van der Waals surface area contributed by atoms with Crippen LogP contribution in [0.2, 0.25) is 0 Å². The van der Waals surface area contributed by atoms with E-state index in [1.165, 1.54) is 11.3 Å². The van der Waals surface area contributed by atoms with Crippen LogP contribution in [0.25, 0.3) is 0 Å². The van der Waals surface area contributed by atoms with Gasteiger partial charge in [-0.25, -0.2) is 4.98 Å². The van der Waals surface area contributed by atoms with Crippen LogP contribution in [0, 0.1) is 13.8 Å². The second-order valence-corrected chi connectivity index (χ2v) is 5.12. The van der Waals surface area contributed by atoms with E-state index in [9.17, 15) is 4.79 Å². The van der Waals surface area contributed by atoms with Crippen LogP contribution in [-0.4, -0.2) is 20.5 Å². The van der Waals surface area contributed by atoms with Crippen LogP contribution in [0.4, 0.5) is 0 Å². The Kier molecular flexibility index (Phi) is 3.38. The quantitative estimate of drug-likeness (QED) is 0.782. The lowest BCUT2D eigenvalue weighted by molar-refractivity contribution is 0.103. The first-order valence-electron chi connectivity index (χ1n) is 5.64. The highest BCUT2D eigenvalue weighted by atomic mass is 32.1. The third-order valence-corrected chi connectivity index (χ3v) is 3.57. The van der Waals surface area contributed by atoms with Gasteiger partial charge in [0.1, 0.15) is 5.69 Å². The van der Waals surface area contributed by atoms with Gasteiger partial charge in [0.2, 0.25) is 5.78 Å². The van der Waals surface area contributed by atoms with Gasteiger partial charge in [0.05, 0.1) is 15.6 Å². The van der Waals surface area contributed by atoms with E-state index in [1.54, 1.807) is 16.9 Å². The smallest absolute Gasteiger partial charge is 0.222 e.